The largest absolute Gasteiger partial charge is 0.478 e. The van der Waals surface area contributed by atoms with E-state index in [2.05, 4.69) is 5.10 Å². The highest BCUT2D eigenvalue weighted by Gasteiger charge is 2.17. The third-order valence-corrected chi connectivity index (χ3v) is 3.60. The average Bonchev–Trinajstić information content (AvgIpc) is 2.86. The number of thioether (sulfide) groups is 1. The summed E-state index contributed by atoms with van der Waals surface area (Å²) in [5.74, 6) is 0.691. The summed E-state index contributed by atoms with van der Waals surface area (Å²) in [4.78, 5) is 12.2. The van der Waals surface area contributed by atoms with E-state index in [-0.39, 0.29) is 5.56 Å². The minimum Gasteiger partial charge on any atom is -0.478 e. The molecule has 0 unspecified atom stereocenters. The maximum absolute atomic E-state index is 11.5. The van der Waals surface area contributed by atoms with Crippen LogP contribution in [-0.2, 0) is 6.54 Å². The van der Waals surface area contributed by atoms with Gasteiger partial charge in [-0.2, -0.15) is 5.10 Å². The fourth-order valence-corrected chi connectivity index (χ4v) is 2.60. The number of aryl methyl sites for hydroxylation is 1. The highest BCUT2D eigenvalue weighted by atomic mass is 32.2. The Kier molecular flexibility index (Phi) is 4.68. The van der Waals surface area contributed by atoms with Gasteiger partial charge in [0, 0.05) is 11.4 Å². The molecule has 2 aromatic rings. The van der Waals surface area contributed by atoms with E-state index in [1.54, 1.807) is 35.3 Å². The number of benzene rings is 1. The second kappa shape index (κ2) is 6.47. The maximum Gasteiger partial charge on any atom is 0.340 e. The van der Waals surface area contributed by atoms with Gasteiger partial charge in [0.05, 0.1) is 12.4 Å². The first-order chi connectivity index (χ1) is 9.65. The summed E-state index contributed by atoms with van der Waals surface area (Å²) in [6, 6.07) is 5.25. The Balaban J connectivity index is 2.35. The van der Waals surface area contributed by atoms with Gasteiger partial charge in [-0.05, 0) is 24.8 Å². The summed E-state index contributed by atoms with van der Waals surface area (Å²) < 4.78 is 7.39. The molecule has 0 radical (unpaired) electrons. The van der Waals surface area contributed by atoms with E-state index >= 15 is 0 Å². The lowest BCUT2D eigenvalue weighted by Gasteiger charge is -2.10. The van der Waals surface area contributed by atoms with Crippen molar-refractivity contribution in [2.75, 3.05) is 5.75 Å². The molecule has 0 spiro atoms. The van der Waals surface area contributed by atoms with Crippen LogP contribution in [0, 0.1) is 0 Å². The average molecular weight is 292 g/mol. The summed E-state index contributed by atoms with van der Waals surface area (Å²) in [7, 11) is 0. The number of hydrogen-bond donors (Lipinski definition) is 1. The highest BCUT2D eigenvalue weighted by molar-refractivity contribution is 7.99. The van der Waals surface area contributed by atoms with Crippen molar-refractivity contribution < 1.29 is 14.6 Å². The summed E-state index contributed by atoms with van der Waals surface area (Å²) in [5, 5.41) is 13.5. The Hall–Kier alpha value is -1.95. The third kappa shape index (κ3) is 3.14. The van der Waals surface area contributed by atoms with Crippen LogP contribution in [0.2, 0.25) is 0 Å². The molecule has 1 aromatic heterocycles. The van der Waals surface area contributed by atoms with Crippen molar-refractivity contribution in [3.63, 3.8) is 0 Å². The van der Waals surface area contributed by atoms with E-state index in [4.69, 9.17) is 4.74 Å². The fraction of sp³-hybridized carbons (Fsp3) is 0.286. The van der Waals surface area contributed by atoms with Crippen LogP contribution in [0.15, 0.2) is 35.5 Å². The van der Waals surface area contributed by atoms with Gasteiger partial charge in [-0.25, -0.2) is 4.79 Å². The molecule has 0 saturated carbocycles. The van der Waals surface area contributed by atoms with Gasteiger partial charge >= 0.3 is 5.97 Å². The van der Waals surface area contributed by atoms with E-state index in [9.17, 15) is 9.90 Å². The molecule has 1 N–H and O–H groups in total. The maximum atomic E-state index is 11.5. The third-order valence-electron chi connectivity index (χ3n) is 2.66. The summed E-state index contributed by atoms with van der Waals surface area (Å²) in [5.41, 5.74) is 0.198. The Morgan fingerprint density at radius 3 is 2.85 bits per heavy atom. The zero-order valence-corrected chi connectivity index (χ0v) is 12.2. The first kappa shape index (κ1) is 14.5. The molecular weight excluding hydrogens is 276 g/mol. The zero-order valence-electron chi connectivity index (χ0n) is 11.4. The molecule has 106 valence electrons. The molecule has 0 aliphatic carbocycles. The van der Waals surface area contributed by atoms with Crippen LogP contribution in [0.1, 0.15) is 24.2 Å². The normalized spacial score (nSPS) is 10.5. The number of rotatable bonds is 6. The van der Waals surface area contributed by atoms with Gasteiger partial charge in [-0.1, -0.05) is 13.0 Å². The summed E-state index contributed by atoms with van der Waals surface area (Å²) in [6.45, 7) is 4.69. The van der Waals surface area contributed by atoms with E-state index in [0.29, 0.717) is 16.4 Å². The quantitative estimate of drug-likeness (QED) is 0.825. The number of nitrogens with zero attached hydrogens (tertiary/aromatic N) is 2. The monoisotopic (exact) mass is 292 g/mol. The molecule has 0 fully saturated rings. The van der Waals surface area contributed by atoms with E-state index < -0.39 is 5.97 Å². The lowest BCUT2D eigenvalue weighted by molar-refractivity contribution is 0.0690. The second-order valence-corrected chi connectivity index (χ2v) is 5.31. The molecule has 5 nitrogen and oxygen atoms in total. The summed E-state index contributed by atoms with van der Waals surface area (Å²) >= 11 is 1.48. The standard InChI is InChI=1S/C14H16N2O3S/c1-3-16-9-10(8-15-16)19-11-6-5-7-12(20-4-2)13(11)14(17)18/h5-9H,3-4H2,1-2H3,(H,17,18). The van der Waals surface area contributed by atoms with Crippen molar-refractivity contribution in [3.05, 3.63) is 36.2 Å². The van der Waals surface area contributed by atoms with Crippen LogP contribution < -0.4 is 4.74 Å². The van der Waals surface area contributed by atoms with Crippen molar-refractivity contribution in [2.45, 2.75) is 25.3 Å². The topological polar surface area (TPSA) is 64.4 Å². The molecule has 1 heterocycles. The van der Waals surface area contributed by atoms with Crippen LogP contribution in [-0.4, -0.2) is 26.6 Å². The first-order valence-corrected chi connectivity index (χ1v) is 7.33. The van der Waals surface area contributed by atoms with Gasteiger partial charge in [0.15, 0.2) is 5.75 Å². The number of aromatic carboxylic acids is 1. The molecule has 0 bridgehead atoms. The molecule has 0 aliphatic rings. The lowest BCUT2D eigenvalue weighted by atomic mass is 10.2. The fourth-order valence-electron chi connectivity index (χ4n) is 1.78. The molecule has 2 rings (SSSR count). The van der Waals surface area contributed by atoms with Crippen molar-refractivity contribution >= 4 is 17.7 Å². The number of carbonyl (C=O) groups is 1. The minimum atomic E-state index is -0.987. The number of ether oxygens (including phenoxy) is 1. The van der Waals surface area contributed by atoms with Crippen LogP contribution in [0.25, 0.3) is 0 Å². The molecule has 0 atom stereocenters. The van der Waals surface area contributed by atoms with Gasteiger partial charge < -0.3 is 9.84 Å². The second-order valence-electron chi connectivity index (χ2n) is 4.00. The van der Waals surface area contributed by atoms with Crippen molar-refractivity contribution in [3.8, 4) is 11.5 Å². The number of carboxylic acid groups (broad SMARTS) is 1. The van der Waals surface area contributed by atoms with Crippen LogP contribution in [0.4, 0.5) is 0 Å². The molecule has 1 aromatic carbocycles. The Morgan fingerprint density at radius 1 is 1.45 bits per heavy atom. The highest BCUT2D eigenvalue weighted by Crippen LogP contribution is 2.32. The van der Waals surface area contributed by atoms with E-state index in [1.165, 1.54) is 11.8 Å². The Labute approximate surface area is 121 Å². The lowest BCUT2D eigenvalue weighted by Crippen LogP contribution is -2.02. The number of hydrogen-bond acceptors (Lipinski definition) is 4. The van der Waals surface area contributed by atoms with Crippen molar-refractivity contribution in [2.24, 2.45) is 0 Å². The molecular formula is C14H16N2O3S. The minimum absolute atomic E-state index is 0.198. The number of carboxylic acids is 1. The van der Waals surface area contributed by atoms with Crippen LogP contribution in [0.5, 0.6) is 11.5 Å². The predicted octanol–water partition coefficient (Wildman–Crippen LogP) is 3.51. The van der Waals surface area contributed by atoms with Crippen molar-refractivity contribution in [1.82, 2.24) is 9.78 Å². The predicted molar refractivity (Wildman–Crippen MR) is 77.8 cm³/mol. The van der Waals surface area contributed by atoms with Crippen LogP contribution in [0.3, 0.4) is 0 Å². The van der Waals surface area contributed by atoms with Gasteiger partial charge in [0.1, 0.15) is 11.3 Å². The molecule has 6 heteroatoms. The summed E-state index contributed by atoms with van der Waals surface area (Å²) in [6.07, 6.45) is 3.32. The van der Waals surface area contributed by atoms with Gasteiger partial charge in [-0.15, -0.1) is 11.8 Å². The van der Waals surface area contributed by atoms with Crippen LogP contribution >= 0.6 is 11.8 Å². The van der Waals surface area contributed by atoms with E-state index in [1.807, 2.05) is 13.8 Å². The molecule has 0 amide bonds. The van der Waals surface area contributed by atoms with Gasteiger partial charge in [0.2, 0.25) is 0 Å². The Bertz CT molecular complexity index is 610. The van der Waals surface area contributed by atoms with Gasteiger partial charge in [0.25, 0.3) is 0 Å². The molecule has 0 saturated heterocycles. The molecule has 20 heavy (non-hydrogen) atoms. The molecule has 0 aliphatic heterocycles. The first-order valence-electron chi connectivity index (χ1n) is 6.35. The SMILES string of the molecule is CCSc1cccc(Oc2cnn(CC)c2)c1C(=O)O. The Morgan fingerprint density at radius 2 is 2.25 bits per heavy atom. The zero-order chi connectivity index (χ0) is 14.5. The van der Waals surface area contributed by atoms with Crippen molar-refractivity contribution in [1.29, 1.82) is 0 Å². The van der Waals surface area contributed by atoms with E-state index in [0.717, 1.165) is 12.3 Å². The van der Waals surface area contributed by atoms with Gasteiger partial charge in [-0.3, -0.25) is 4.68 Å². The number of aromatic nitrogens is 2. The smallest absolute Gasteiger partial charge is 0.340 e.